The Labute approximate surface area is 116 Å². The van der Waals surface area contributed by atoms with Gasteiger partial charge in [0.05, 0.1) is 0 Å². The molecule has 2 nitrogen and oxygen atoms in total. The van der Waals surface area contributed by atoms with Crippen LogP contribution in [0.4, 0.5) is 0 Å². The van der Waals surface area contributed by atoms with Crippen LogP contribution in [0, 0.1) is 63.7 Å². The van der Waals surface area contributed by atoms with Crippen LogP contribution in [0.1, 0.15) is 13.8 Å². The van der Waals surface area contributed by atoms with Gasteiger partial charge in [0.2, 0.25) is 0 Å². The topological polar surface area (TPSA) is 26.3 Å². The summed E-state index contributed by atoms with van der Waals surface area (Å²) in [5, 5.41) is 0. The van der Waals surface area contributed by atoms with E-state index in [2.05, 4.69) is 0 Å². The first-order valence-electron chi connectivity index (χ1n) is 5.25. The minimum atomic E-state index is -0.237. The van der Waals surface area contributed by atoms with Gasteiger partial charge < -0.3 is 4.74 Å². The Kier molecular flexibility index (Phi) is 9.96. The third-order valence-corrected chi connectivity index (χ3v) is 2.06. The molecule has 2 aliphatic carbocycles. The molecule has 0 aromatic carbocycles. The maximum absolute atomic E-state index is 10.5. The number of carbonyl (C=O) groups is 1. The number of hydrogen-bond donors (Lipinski definition) is 0. The first kappa shape index (κ1) is 17.0. The number of hydrogen-bond acceptors (Lipinski definition) is 2. The third-order valence-electron chi connectivity index (χ3n) is 2.06. The van der Waals surface area contributed by atoms with Gasteiger partial charge in [-0.1, -0.05) is 0 Å². The van der Waals surface area contributed by atoms with Gasteiger partial charge in [-0.2, -0.15) is 0 Å². The number of esters is 1. The summed E-state index contributed by atoms with van der Waals surface area (Å²) < 4.78 is 4.96. The Balaban J connectivity index is 0.000000360. The molecule has 0 heterocycles. The van der Waals surface area contributed by atoms with Gasteiger partial charge in [-0.05, 0) is 64.7 Å². The van der Waals surface area contributed by atoms with E-state index in [-0.39, 0.29) is 29.1 Å². The monoisotopic (exact) mass is 272 g/mol. The molecular formula is C14H16FeO2. The summed E-state index contributed by atoms with van der Waals surface area (Å²) in [6.07, 6.45) is 17.6. The Morgan fingerprint density at radius 1 is 1.00 bits per heavy atom. The van der Waals surface area contributed by atoms with Crippen molar-refractivity contribution in [2.75, 3.05) is 0 Å². The van der Waals surface area contributed by atoms with Crippen LogP contribution in [0.3, 0.4) is 0 Å². The van der Waals surface area contributed by atoms with Gasteiger partial charge in [0.15, 0.2) is 0 Å². The van der Waals surface area contributed by atoms with Crippen molar-refractivity contribution in [2.45, 2.75) is 20.0 Å². The molecular weight excluding hydrogens is 256 g/mol. The molecule has 17 heavy (non-hydrogen) atoms. The fraction of sp³-hybridized carbons (Fsp3) is 0.214. The molecule has 1 unspecified atom stereocenters. The molecule has 0 bridgehead atoms. The Morgan fingerprint density at radius 2 is 1.41 bits per heavy atom. The first-order chi connectivity index (χ1) is 7.70. The number of carbonyl (C=O) groups excluding carboxylic acids is 1. The van der Waals surface area contributed by atoms with Gasteiger partial charge in [0, 0.05) is 29.9 Å². The fourth-order valence-electron chi connectivity index (χ4n) is 1.30. The second kappa shape index (κ2) is 9.96. The summed E-state index contributed by atoms with van der Waals surface area (Å²) in [6.45, 7) is 3.27. The summed E-state index contributed by atoms with van der Waals surface area (Å²) >= 11 is 0. The Hall–Kier alpha value is -0.0105. The summed E-state index contributed by atoms with van der Waals surface area (Å²) in [5.74, 6) is 0.805. The molecule has 92 valence electrons. The second-order valence-electron chi connectivity index (χ2n) is 3.43. The smallest absolute Gasteiger partial charge is 0.302 e. The minimum absolute atomic E-state index is 0. The molecule has 10 radical (unpaired) electrons. The molecule has 0 N–H and O–H groups in total. The molecule has 3 heteroatoms. The molecule has 0 amide bonds. The SMILES string of the molecule is CC(=O)OC(C)[C]1[CH][CH][CH][CH]1.[CH]1[CH][CH][CH][CH]1.[Fe]. The van der Waals surface area contributed by atoms with Gasteiger partial charge in [0.1, 0.15) is 6.10 Å². The minimum Gasteiger partial charge on any atom is -0.462 e. The van der Waals surface area contributed by atoms with Gasteiger partial charge in [-0.25, -0.2) is 0 Å². The first-order valence-corrected chi connectivity index (χ1v) is 5.25. The predicted octanol–water partition coefficient (Wildman–Crippen LogP) is 2.36. The molecule has 0 aromatic rings. The van der Waals surface area contributed by atoms with Crippen LogP contribution >= 0.6 is 0 Å². The molecule has 2 rings (SSSR count). The van der Waals surface area contributed by atoms with Crippen LogP contribution in [0.25, 0.3) is 0 Å². The largest absolute Gasteiger partial charge is 0.462 e. The van der Waals surface area contributed by atoms with Crippen LogP contribution in [-0.2, 0) is 26.6 Å². The van der Waals surface area contributed by atoms with E-state index in [0.29, 0.717) is 0 Å². The average Bonchev–Trinajstić information content (AvgIpc) is 2.94. The standard InChI is InChI=1S/C9H11O2.C5H5.Fe/c1-7(11-8(2)10)9-5-3-4-6-9;1-2-4-5-3-1;/h3-7H,1-2H3;1-5H;. The van der Waals surface area contributed by atoms with Gasteiger partial charge in [-0.3, -0.25) is 4.79 Å². The zero-order valence-electron chi connectivity index (χ0n) is 9.94. The molecule has 0 aliphatic heterocycles. The summed E-state index contributed by atoms with van der Waals surface area (Å²) in [4.78, 5) is 10.5. The van der Waals surface area contributed by atoms with Crippen molar-refractivity contribution in [3.8, 4) is 0 Å². The van der Waals surface area contributed by atoms with Crippen LogP contribution < -0.4 is 0 Å². The molecule has 2 fully saturated rings. The number of rotatable bonds is 2. The van der Waals surface area contributed by atoms with E-state index in [1.54, 1.807) is 0 Å². The maximum Gasteiger partial charge on any atom is 0.302 e. The van der Waals surface area contributed by atoms with E-state index in [4.69, 9.17) is 4.74 Å². The van der Waals surface area contributed by atoms with E-state index in [1.807, 2.05) is 64.7 Å². The average molecular weight is 272 g/mol. The molecule has 2 saturated carbocycles. The maximum atomic E-state index is 10.5. The van der Waals surface area contributed by atoms with Crippen molar-refractivity contribution in [1.29, 1.82) is 0 Å². The van der Waals surface area contributed by atoms with Crippen molar-refractivity contribution >= 4 is 5.97 Å². The quantitative estimate of drug-likeness (QED) is 0.570. The van der Waals surface area contributed by atoms with E-state index in [9.17, 15) is 4.79 Å². The van der Waals surface area contributed by atoms with Crippen LogP contribution in [0.2, 0.25) is 0 Å². The molecule has 0 spiro atoms. The molecule has 0 aromatic heterocycles. The van der Waals surface area contributed by atoms with Crippen LogP contribution in [0.15, 0.2) is 0 Å². The molecule has 2 aliphatic rings. The van der Waals surface area contributed by atoms with Gasteiger partial charge in [0.25, 0.3) is 0 Å². The summed E-state index contributed by atoms with van der Waals surface area (Å²) in [6, 6.07) is 0. The summed E-state index contributed by atoms with van der Waals surface area (Å²) in [5.41, 5.74) is 0. The van der Waals surface area contributed by atoms with E-state index in [0.717, 1.165) is 5.92 Å². The van der Waals surface area contributed by atoms with E-state index < -0.39 is 0 Å². The predicted molar refractivity (Wildman–Crippen MR) is 63.2 cm³/mol. The van der Waals surface area contributed by atoms with E-state index >= 15 is 0 Å². The second-order valence-corrected chi connectivity index (χ2v) is 3.43. The van der Waals surface area contributed by atoms with Crippen LogP contribution in [-0.4, -0.2) is 12.1 Å². The van der Waals surface area contributed by atoms with Gasteiger partial charge in [-0.15, -0.1) is 0 Å². The summed E-state index contributed by atoms with van der Waals surface area (Å²) in [7, 11) is 0. The van der Waals surface area contributed by atoms with Crippen molar-refractivity contribution in [3.63, 3.8) is 0 Å². The van der Waals surface area contributed by atoms with Crippen molar-refractivity contribution < 1.29 is 26.6 Å². The zero-order valence-corrected chi connectivity index (χ0v) is 11.0. The van der Waals surface area contributed by atoms with Crippen molar-refractivity contribution in [2.24, 2.45) is 0 Å². The Bertz CT molecular complexity index is 189. The molecule has 1 atom stereocenters. The van der Waals surface area contributed by atoms with Crippen molar-refractivity contribution in [3.05, 3.63) is 63.7 Å². The van der Waals surface area contributed by atoms with Crippen LogP contribution in [0.5, 0.6) is 0 Å². The van der Waals surface area contributed by atoms with Crippen molar-refractivity contribution in [1.82, 2.24) is 0 Å². The Morgan fingerprint density at radius 3 is 1.76 bits per heavy atom. The normalized spacial score (nSPS) is 21.1. The van der Waals surface area contributed by atoms with E-state index in [1.165, 1.54) is 6.92 Å². The van der Waals surface area contributed by atoms with Gasteiger partial charge >= 0.3 is 5.97 Å². The zero-order chi connectivity index (χ0) is 11.8. The fourth-order valence-corrected chi connectivity index (χ4v) is 1.30. The number of ether oxygens (including phenoxy) is 1. The third kappa shape index (κ3) is 7.83. The molecule has 0 saturated heterocycles.